The van der Waals surface area contributed by atoms with Crippen LogP contribution in [-0.4, -0.2) is 10.9 Å². The summed E-state index contributed by atoms with van der Waals surface area (Å²) < 4.78 is 0. The predicted molar refractivity (Wildman–Crippen MR) is 77.1 cm³/mol. The molecule has 0 aliphatic carbocycles. The summed E-state index contributed by atoms with van der Waals surface area (Å²) in [6.07, 6.45) is 3.61. The highest BCUT2D eigenvalue weighted by molar-refractivity contribution is 6.33. The van der Waals surface area contributed by atoms with Crippen LogP contribution >= 0.6 is 11.6 Å². The molecule has 2 aromatic rings. The lowest BCUT2D eigenvalue weighted by atomic mass is 10.0. The highest BCUT2D eigenvalue weighted by Gasteiger charge is 2.19. The average molecular weight is 286 g/mol. The maximum Gasteiger partial charge on any atom is 0.242 e. The van der Waals surface area contributed by atoms with E-state index in [-0.39, 0.29) is 5.91 Å². The normalized spacial score (nSPS) is 11.4. The van der Waals surface area contributed by atoms with Gasteiger partial charge in [-0.15, -0.1) is 0 Å². The van der Waals surface area contributed by atoms with Crippen LogP contribution in [0.2, 0.25) is 5.02 Å². The Bertz CT molecular complexity index is 637. The van der Waals surface area contributed by atoms with Gasteiger partial charge in [0.1, 0.15) is 5.92 Å². The minimum absolute atomic E-state index is 0.343. The number of aromatic nitrogens is 1. The molecule has 4 nitrogen and oxygen atoms in total. The number of carbonyl (C=O) groups is 1. The number of anilines is 1. The van der Waals surface area contributed by atoms with E-state index in [1.54, 1.807) is 48.8 Å². The van der Waals surface area contributed by atoms with Crippen LogP contribution in [0.1, 0.15) is 5.56 Å². The molecular weight excluding hydrogens is 274 g/mol. The number of nitrogens with one attached hydrogen (secondary N) is 1. The number of hydrogen-bond acceptors (Lipinski definition) is 3. The zero-order valence-corrected chi connectivity index (χ0v) is 11.3. The number of nitrogens with zero attached hydrogens (tertiary/aromatic N) is 2. The van der Waals surface area contributed by atoms with Gasteiger partial charge in [-0.1, -0.05) is 23.7 Å². The molecule has 1 unspecified atom stereocenters. The standard InChI is InChI=1S/C15H12ClN3O/c16-13-3-1-2-4-14(13)19-15(20)12(10-17)9-11-5-7-18-8-6-11/h1-8,12H,9H2,(H,19,20). The van der Waals surface area contributed by atoms with Crippen molar-refractivity contribution < 1.29 is 4.79 Å². The molecule has 0 saturated carbocycles. The van der Waals surface area contributed by atoms with Gasteiger partial charge < -0.3 is 5.32 Å². The lowest BCUT2D eigenvalue weighted by molar-refractivity contribution is -0.118. The van der Waals surface area contributed by atoms with E-state index in [4.69, 9.17) is 16.9 Å². The van der Waals surface area contributed by atoms with Gasteiger partial charge in [0.25, 0.3) is 0 Å². The highest BCUT2D eigenvalue weighted by atomic mass is 35.5. The molecule has 0 bridgehead atoms. The minimum atomic E-state index is -0.770. The Labute approximate surface area is 122 Å². The second kappa shape index (κ2) is 6.69. The summed E-state index contributed by atoms with van der Waals surface area (Å²) in [5, 5.41) is 12.3. The summed E-state index contributed by atoms with van der Waals surface area (Å²) in [6.45, 7) is 0. The summed E-state index contributed by atoms with van der Waals surface area (Å²) in [7, 11) is 0. The lowest BCUT2D eigenvalue weighted by Crippen LogP contribution is -2.23. The molecule has 2 rings (SSSR count). The molecule has 0 spiro atoms. The van der Waals surface area contributed by atoms with Crippen molar-refractivity contribution in [2.45, 2.75) is 6.42 Å². The van der Waals surface area contributed by atoms with Crippen LogP contribution in [0.5, 0.6) is 0 Å². The molecule has 1 atom stereocenters. The van der Waals surface area contributed by atoms with E-state index in [9.17, 15) is 4.79 Å². The number of amides is 1. The van der Waals surface area contributed by atoms with Gasteiger partial charge in [0.2, 0.25) is 5.91 Å². The summed E-state index contributed by atoms with van der Waals surface area (Å²) in [5.41, 5.74) is 1.40. The molecule has 0 radical (unpaired) electrons. The van der Waals surface area contributed by atoms with E-state index in [1.807, 2.05) is 6.07 Å². The van der Waals surface area contributed by atoms with Crippen LogP contribution in [0.15, 0.2) is 48.8 Å². The van der Waals surface area contributed by atoms with Crippen LogP contribution < -0.4 is 5.32 Å². The quantitative estimate of drug-likeness (QED) is 0.939. The molecule has 1 N–H and O–H groups in total. The van der Waals surface area contributed by atoms with Gasteiger partial charge in [0, 0.05) is 12.4 Å². The van der Waals surface area contributed by atoms with E-state index >= 15 is 0 Å². The Kier molecular flexibility index (Phi) is 4.70. The van der Waals surface area contributed by atoms with Gasteiger partial charge >= 0.3 is 0 Å². The van der Waals surface area contributed by atoms with E-state index in [2.05, 4.69) is 10.3 Å². The Morgan fingerprint density at radius 2 is 2.00 bits per heavy atom. The Morgan fingerprint density at radius 1 is 1.30 bits per heavy atom. The summed E-state index contributed by atoms with van der Waals surface area (Å²) >= 11 is 5.97. The van der Waals surface area contributed by atoms with Crippen molar-refractivity contribution in [2.24, 2.45) is 5.92 Å². The van der Waals surface area contributed by atoms with Crippen molar-refractivity contribution >= 4 is 23.2 Å². The third-order valence-corrected chi connectivity index (χ3v) is 3.12. The number of rotatable bonds is 4. The number of para-hydroxylation sites is 1. The Hall–Kier alpha value is -2.38. The molecule has 100 valence electrons. The molecule has 1 amide bonds. The molecule has 0 fully saturated rings. The molecule has 1 heterocycles. The third-order valence-electron chi connectivity index (χ3n) is 2.79. The molecule has 0 saturated heterocycles. The topological polar surface area (TPSA) is 65.8 Å². The van der Waals surface area contributed by atoms with Crippen molar-refractivity contribution in [1.29, 1.82) is 5.26 Å². The van der Waals surface area contributed by atoms with E-state index in [0.717, 1.165) is 5.56 Å². The van der Waals surface area contributed by atoms with E-state index < -0.39 is 5.92 Å². The SMILES string of the molecule is N#CC(Cc1ccncc1)C(=O)Nc1ccccc1Cl. The van der Waals surface area contributed by atoms with Crippen molar-refractivity contribution in [3.8, 4) is 6.07 Å². The molecule has 0 aliphatic rings. The summed E-state index contributed by atoms with van der Waals surface area (Å²) in [5.74, 6) is -1.13. The second-order valence-electron chi connectivity index (χ2n) is 4.21. The smallest absolute Gasteiger partial charge is 0.242 e. The van der Waals surface area contributed by atoms with Crippen molar-refractivity contribution in [3.63, 3.8) is 0 Å². The zero-order chi connectivity index (χ0) is 14.4. The van der Waals surface area contributed by atoms with Crippen LogP contribution in [0.3, 0.4) is 0 Å². The predicted octanol–water partition coefficient (Wildman–Crippen LogP) is 3.06. The number of pyridine rings is 1. The summed E-state index contributed by atoms with van der Waals surface area (Å²) in [4.78, 5) is 16.0. The number of benzene rings is 1. The maximum absolute atomic E-state index is 12.1. The first-order chi connectivity index (χ1) is 9.70. The number of carbonyl (C=O) groups excluding carboxylic acids is 1. The molecular formula is C15H12ClN3O. The first-order valence-electron chi connectivity index (χ1n) is 6.04. The van der Waals surface area contributed by atoms with Gasteiger partial charge in [-0.05, 0) is 36.2 Å². The van der Waals surface area contributed by atoms with Crippen LogP contribution in [-0.2, 0) is 11.2 Å². The first-order valence-corrected chi connectivity index (χ1v) is 6.42. The van der Waals surface area contributed by atoms with Gasteiger partial charge in [0.15, 0.2) is 0 Å². The van der Waals surface area contributed by atoms with E-state index in [0.29, 0.717) is 17.1 Å². The fourth-order valence-corrected chi connectivity index (χ4v) is 1.92. The lowest BCUT2D eigenvalue weighted by Gasteiger charge is -2.11. The molecule has 1 aromatic carbocycles. The highest BCUT2D eigenvalue weighted by Crippen LogP contribution is 2.21. The van der Waals surface area contributed by atoms with E-state index in [1.165, 1.54) is 0 Å². The van der Waals surface area contributed by atoms with Gasteiger partial charge in [-0.25, -0.2) is 0 Å². The maximum atomic E-state index is 12.1. The van der Waals surface area contributed by atoms with Gasteiger partial charge in [-0.2, -0.15) is 5.26 Å². The molecule has 5 heteroatoms. The first kappa shape index (κ1) is 14.0. The largest absolute Gasteiger partial charge is 0.324 e. The van der Waals surface area contributed by atoms with Crippen molar-refractivity contribution in [3.05, 3.63) is 59.4 Å². The Balaban J connectivity index is 2.07. The fraction of sp³-hybridized carbons (Fsp3) is 0.133. The summed E-state index contributed by atoms with van der Waals surface area (Å²) in [6, 6.07) is 12.5. The average Bonchev–Trinajstić information content (AvgIpc) is 2.48. The monoisotopic (exact) mass is 285 g/mol. The fourth-order valence-electron chi connectivity index (χ4n) is 1.73. The van der Waals surface area contributed by atoms with Gasteiger partial charge in [0.05, 0.1) is 16.8 Å². The molecule has 1 aromatic heterocycles. The number of nitriles is 1. The van der Waals surface area contributed by atoms with Crippen LogP contribution in [0, 0.1) is 17.2 Å². The zero-order valence-electron chi connectivity index (χ0n) is 10.6. The van der Waals surface area contributed by atoms with Gasteiger partial charge in [-0.3, -0.25) is 9.78 Å². The molecule has 0 aliphatic heterocycles. The third kappa shape index (κ3) is 3.56. The van der Waals surface area contributed by atoms with Crippen molar-refractivity contribution in [2.75, 3.05) is 5.32 Å². The number of hydrogen-bond donors (Lipinski definition) is 1. The number of halogens is 1. The molecule has 20 heavy (non-hydrogen) atoms. The van der Waals surface area contributed by atoms with Crippen LogP contribution in [0.4, 0.5) is 5.69 Å². The van der Waals surface area contributed by atoms with Crippen LogP contribution in [0.25, 0.3) is 0 Å². The Morgan fingerprint density at radius 3 is 2.65 bits per heavy atom. The second-order valence-corrected chi connectivity index (χ2v) is 4.62. The van der Waals surface area contributed by atoms with Crippen molar-refractivity contribution in [1.82, 2.24) is 4.98 Å². The minimum Gasteiger partial charge on any atom is -0.324 e.